The van der Waals surface area contributed by atoms with E-state index >= 15 is 0 Å². The molecule has 0 fully saturated rings. The van der Waals surface area contributed by atoms with E-state index in [1.54, 1.807) is 0 Å². The van der Waals surface area contributed by atoms with Crippen molar-refractivity contribution in [3.05, 3.63) is 40.3 Å². The second kappa shape index (κ2) is 4.59. The first-order valence-corrected chi connectivity index (χ1v) is 7.20. The lowest BCUT2D eigenvalue weighted by molar-refractivity contribution is -0.257. The monoisotopic (exact) mass is 350 g/mol. The normalized spacial score (nSPS) is 21.4. The van der Waals surface area contributed by atoms with Gasteiger partial charge in [0.1, 0.15) is 6.29 Å². The lowest BCUT2D eigenvalue weighted by Crippen LogP contribution is -2.48. The van der Waals surface area contributed by atoms with Crippen LogP contribution >= 0.6 is 11.3 Å². The number of carbonyl (C=O) groups is 1. The minimum absolute atomic E-state index is 0.137. The third-order valence-corrected chi connectivity index (χ3v) is 4.84. The van der Waals surface area contributed by atoms with Crippen LogP contribution in [0.15, 0.2) is 24.3 Å². The predicted octanol–water partition coefficient (Wildman–Crippen LogP) is 5.33. The standard InChI is InChI=1S/C15H8F6OS/c1-7-12(9-3-2-8(6-22)4-11(9)23-7)10-5-13(16,17)15(20,21)14(10,18)19/h2-6H,1H3. The van der Waals surface area contributed by atoms with Gasteiger partial charge < -0.3 is 0 Å². The molecule has 1 aliphatic rings. The SMILES string of the molecule is Cc1sc2cc(C=O)ccc2c1C1=CC(F)(F)C(F)(F)C1(F)F. The van der Waals surface area contributed by atoms with Gasteiger partial charge in [0.2, 0.25) is 0 Å². The fourth-order valence-corrected chi connectivity index (χ4v) is 3.74. The number of alkyl halides is 6. The summed E-state index contributed by atoms with van der Waals surface area (Å²) in [6.45, 7) is 1.38. The smallest absolute Gasteiger partial charge is 0.298 e. The molecule has 2 aromatic rings. The molecular formula is C15H8F6OS. The fraction of sp³-hybridized carbons (Fsp3) is 0.267. The number of hydrogen-bond donors (Lipinski definition) is 0. The molecule has 8 heteroatoms. The van der Waals surface area contributed by atoms with E-state index in [0.29, 0.717) is 11.0 Å². The molecule has 0 spiro atoms. The summed E-state index contributed by atoms with van der Waals surface area (Å²) in [5.41, 5.74) is -1.44. The van der Waals surface area contributed by atoms with Crippen LogP contribution in [0.25, 0.3) is 15.7 Å². The van der Waals surface area contributed by atoms with Crippen molar-refractivity contribution in [1.29, 1.82) is 0 Å². The lowest BCUT2D eigenvalue weighted by atomic mass is 9.98. The quantitative estimate of drug-likeness (QED) is 0.529. The van der Waals surface area contributed by atoms with Gasteiger partial charge in [0.25, 0.3) is 0 Å². The number of rotatable bonds is 2. The zero-order chi connectivity index (χ0) is 17.2. The van der Waals surface area contributed by atoms with E-state index < -0.39 is 23.3 Å². The number of hydrogen-bond acceptors (Lipinski definition) is 2. The Morgan fingerprint density at radius 2 is 1.74 bits per heavy atom. The number of fused-ring (bicyclic) bond motifs is 1. The Morgan fingerprint density at radius 3 is 2.26 bits per heavy atom. The second-order valence-corrected chi connectivity index (χ2v) is 6.49. The first kappa shape index (κ1) is 16.0. The topological polar surface area (TPSA) is 17.1 Å². The van der Waals surface area contributed by atoms with Crippen LogP contribution in [-0.2, 0) is 0 Å². The number of thiophene rings is 1. The largest absolute Gasteiger partial charge is 0.380 e. The van der Waals surface area contributed by atoms with Gasteiger partial charge in [0.05, 0.1) is 0 Å². The van der Waals surface area contributed by atoms with Crippen molar-refractivity contribution in [2.75, 3.05) is 0 Å². The summed E-state index contributed by atoms with van der Waals surface area (Å²) in [5.74, 6) is -15.4. The van der Waals surface area contributed by atoms with Crippen molar-refractivity contribution in [2.45, 2.75) is 24.7 Å². The van der Waals surface area contributed by atoms with Gasteiger partial charge >= 0.3 is 17.8 Å². The van der Waals surface area contributed by atoms with E-state index in [1.807, 2.05) is 0 Å². The highest BCUT2D eigenvalue weighted by Crippen LogP contribution is 2.59. The number of allylic oxidation sites excluding steroid dienone is 2. The average molecular weight is 350 g/mol. The number of aryl methyl sites for hydroxylation is 1. The fourth-order valence-electron chi connectivity index (χ4n) is 2.61. The molecule has 0 unspecified atom stereocenters. The van der Waals surface area contributed by atoms with E-state index in [2.05, 4.69) is 0 Å². The van der Waals surface area contributed by atoms with E-state index in [0.717, 1.165) is 11.3 Å². The van der Waals surface area contributed by atoms with Crippen LogP contribution in [0.4, 0.5) is 26.3 Å². The highest BCUT2D eigenvalue weighted by molar-refractivity contribution is 7.19. The minimum atomic E-state index is -5.49. The molecule has 122 valence electrons. The Balaban J connectivity index is 2.29. The van der Waals surface area contributed by atoms with Crippen molar-refractivity contribution in [2.24, 2.45) is 0 Å². The van der Waals surface area contributed by atoms with Crippen LogP contribution in [0.5, 0.6) is 0 Å². The molecule has 0 bridgehead atoms. The summed E-state index contributed by atoms with van der Waals surface area (Å²) in [7, 11) is 0. The number of benzene rings is 1. The predicted molar refractivity (Wildman–Crippen MR) is 74.8 cm³/mol. The third kappa shape index (κ3) is 1.97. The molecule has 1 aromatic heterocycles. The number of halogens is 6. The zero-order valence-electron chi connectivity index (χ0n) is 11.5. The highest BCUT2D eigenvalue weighted by atomic mass is 32.1. The van der Waals surface area contributed by atoms with Gasteiger partial charge in [-0.15, -0.1) is 11.3 Å². The Labute approximate surface area is 130 Å². The molecule has 0 atom stereocenters. The van der Waals surface area contributed by atoms with Gasteiger partial charge in [-0.2, -0.15) is 26.3 Å². The number of aldehydes is 1. The molecule has 0 aliphatic heterocycles. The maximum absolute atomic E-state index is 13.9. The minimum Gasteiger partial charge on any atom is -0.298 e. The third-order valence-electron chi connectivity index (χ3n) is 3.77. The molecule has 0 saturated carbocycles. The molecule has 23 heavy (non-hydrogen) atoms. The Hall–Kier alpha value is -1.83. The van der Waals surface area contributed by atoms with Crippen LogP contribution in [0, 0.1) is 6.92 Å². The Bertz CT molecular complexity index is 849. The summed E-state index contributed by atoms with van der Waals surface area (Å²) in [6, 6.07) is 4.01. The summed E-state index contributed by atoms with van der Waals surface area (Å²) in [5, 5.41) is 0.137. The second-order valence-electron chi connectivity index (χ2n) is 5.24. The Kier molecular flexibility index (Phi) is 3.20. The Morgan fingerprint density at radius 1 is 1.09 bits per heavy atom. The van der Waals surface area contributed by atoms with Gasteiger partial charge in [0.15, 0.2) is 0 Å². The maximum atomic E-state index is 13.9. The van der Waals surface area contributed by atoms with Crippen LogP contribution in [0.3, 0.4) is 0 Å². The molecular weight excluding hydrogens is 342 g/mol. The molecule has 0 amide bonds. The number of carbonyl (C=O) groups excluding carboxylic acids is 1. The molecule has 1 aromatic carbocycles. The van der Waals surface area contributed by atoms with E-state index in [4.69, 9.17) is 0 Å². The van der Waals surface area contributed by atoms with Crippen molar-refractivity contribution in [3.8, 4) is 0 Å². The molecule has 1 heterocycles. The summed E-state index contributed by atoms with van der Waals surface area (Å²) >= 11 is 0.973. The first-order chi connectivity index (χ1) is 10.5. The van der Waals surface area contributed by atoms with Crippen molar-refractivity contribution >= 4 is 33.3 Å². The first-order valence-electron chi connectivity index (χ1n) is 6.38. The van der Waals surface area contributed by atoms with Gasteiger partial charge in [-0.1, -0.05) is 12.1 Å². The lowest BCUT2D eigenvalue weighted by Gasteiger charge is -2.25. The van der Waals surface area contributed by atoms with E-state index in [-0.39, 0.29) is 27.5 Å². The average Bonchev–Trinajstić information content (AvgIpc) is 2.83. The van der Waals surface area contributed by atoms with Crippen molar-refractivity contribution in [1.82, 2.24) is 0 Å². The molecule has 3 rings (SSSR count). The summed E-state index contributed by atoms with van der Waals surface area (Å²) < 4.78 is 81.8. The van der Waals surface area contributed by atoms with Gasteiger partial charge in [0, 0.05) is 37.7 Å². The van der Waals surface area contributed by atoms with Gasteiger partial charge in [-0.3, -0.25) is 4.79 Å². The van der Waals surface area contributed by atoms with Gasteiger partial charge in [-0.25, -0.2) is 0 Å². The summed E-state index contributed by atoms with van der Waals surface area (Å²) in [4.78, 5) is 10.9. The molecule has 0 radical (unpaired) electrons. The van der Waals surface area contributed by atoms with Crippen LogP contribution in [0.1, 0.15) is 20.8 Å². The molecule has 1 nitrogen and oxygen atoms in total. The van der Waals surface area contributed by atoms with Crippen LogP contribution in [-0.4, -0.2) is 24.1 Å². The van der Waals surface area contributed by atoms with E-state index in [1.165, 1.54) is 25.1 Å². The molecule has 0 N–H and O–H groups in total. The summed E-state index contributed by atoms with van der Waals surface area (Å²) in [6.07, 6.45) is 0.190. The zero-order valence-corrected chi connectivity index (χ0v) is 12.3. The van der Waals surface area contributed by atoms with Crippen LogP contribution in [0.2, 0.25) is 0 Å². The van der Waals surface area contributed by atoms with Crippen molar-refractivity contribution < 1.29 is 31.1 Å². The van der Waals surface area contributed by atoms with Crippen molar-refractivity contribution in [3.63, 3.8) is 0 Å². The van der Waals surface area contributed by atoms with Crippen LogP contribution < -0.4 is 0 Å². The molecule has 0 saturated heterocycles. The maximum Gasteiger partial charge on any atom is 0.380 e. The highest BCUT2D eigenvalue weighted by Gasteiger charge is 2.77. The van der Waals surface area contributed by atoms with Gasteiger partial charge in [-0.05, 0) is 13.0 Å². The van der Waals surface area contributed by atoms with E-state index in [9.17, 15) is 31.1 Å². The molecule has 1 aliphatic carbocycles.